The fraction of sp³-hybridized carbons (Fsp3) is 0.500. The molecule has 1 atom stereocenters. The number of likely N-dealkylation sites (tertiary alicyclic amines) is 1. The number of amides is 2. The number of halogens is 1. The van der Waals surface area contributed by atoms with Crippen LogP contribution in [0.5, 0.6) is 0 Å². The summed E-state index contributed by atoms with van der Waals surface area (Å²) >= 11 is 0. The van der Waals surface area contributed by atoms with Gasteiger partial charge in [-0.3, -0.25) is 14.9 Å². The molecule has 2 heterocycles. The van der Waals surface area contributed by atoms with Crippen LogP contribution in [-0.4, -0.2) is 39.8 Å². The smallest absolute Gasteiger partial charge is 0.320 e. The normalized spacial score (nSPS) is 17.7. The fourth-order valence-corrected chi connectivity index (χ4v) is 3.71. The Morgan fingerprint density at radius 1 is 1.37 bits per heavy atom. The second-order valence-electron chi connectivity index (χ2n) is 7.16. The molecule has 146 valence electrons. The van der Waals surface area contributed by atoms with E-state index in [1.54, 1.807) is 10.7 Å². The van der Waals surface area contributed by atoms with Gasteiger partial charge in [0, 0.05) is 37.3 Å². The zero-order chi connectivity index (χ0) is 19.4. The number of rotatable bonds is 5. The molecule has 0 aliphatic carbocycles. The summed E-state index contributed by atoms with van der Waals surface area (Å²) in [4.78, 5) is 14.7. The Labute approximate surface area is 159 Å². The molecule has 1 aliphatic heterocycles. The number of aryl methyl sites for hydroxylation is 2. The van der Waals surface area contributed by atoms with Crippen LogP contribution in [0.15, 0.2) is 24.3 Å². The molecular weight excluding hydrogens is 345 g/mol. The van der Waals surface area contributed by atoms with Gasteiger partial charge in [-0.25, -0.2) is 9.18 Å². The number of anilines is 1. The van der Waals surface area contributed by atoms with Crippen LogP contribution < -0.4 is 10.6 Å². The molecule has 1 unspecified atom stereocenters. The second-order valence-corrected chi connectivity index (χ2v) is 7.16. The molecule has 2 aromatic rings. The zero-order valence-electron chi connectivity index (χ0n) is 16.3. The van der Waals surface area contributed by atoms with Crippen LogP contribution in [0.25, 0.3) is 0 Å². The lowest BCUT2D eigenvalue weighted by Gasteiger charge is -2.33. The van der Waals surface area contributed by atoms with E-state index in [1.165, 1.54) is 6.07 Å². The molecule has 0 radical (unpaired) electrons. The maximum Gasteiger partial charge on any atom is 0.320 e. The van der Waals surface area contributed by atoms with Crippen molar-refractivity contribution in [2.75, 3.05) is 18.4 Å². The minimum atomic E-state index is -0.221. The molecule has 1 aromatic carbocycles. The van der Waals surface area contributed by atoms with E-state index in [2.05, 4.69) is 20.6 Å². The van der Waals surface area contributed by atoms with Crippen LogP contribution >= 0.6 is 0 Å². The van der Waals surface area contributed by atoms with E-state index in [9.17, 15) is 9.18 Å². The van der Waals surface area contributed by atoms with E-state index in [0.717, 1.165) is 42.9 Å². The summed E-state index contributed by atoms with van der Waals surface area (Å²) in [5.41, 5.74) is 2.68. The summed E-state index contributed by atoms with van der Waals surface area (Å²) < 4.78 is 15.6. The minimum Gasteiger partial charge on any atom is -0.334 e. The third kappa shape index (κ3) is 4.66. The van der Waals surface area contributed by atoms with E-state index in [1.807, 2.05) is 33.0 Å². The van der Waals surface area contributed by atoms with Crippen molar-refractivity contribution in [2.45, 2.75) is 45.7 Å². The maximum absolute atomic E-state index is 13.9. The van der Waals surface area contributed by atoms with Gasteiger partial charge in [-0.15, -0.1) is 0 Å². The van der Waals surface area contributed by atoms with E-state index < -0.39 is 0 Å². The highest BCUT2D eigenvalue weighted by molar-refractivity contribution is 5.89. The van der Waals surface area contributed by atoms with Crippen LogP contribution in [0.3, 0.4) is 0 Å². The van der Waals surface area contributed by atoms with Gasteiger partial charge in [0.15, 0.2) is 0 Å². The van der Waals surface area contributed by atoms with Gasteiger partial charge in [0.05, 0.1) is 5.69 Å². The molecule has 1 fully saturated rings. The number of carbonyl (C=O) groups excluding carboxylic acids is 1. The Morgan fingerprint density at radius 3 is 2.85 bits per heavy atom. The van der Waals surface area contributed by atoms with Gasteiger partial charge in [-0.05, 0) is 38.8 Å². The summed E-state index contributed by atoms with van der Waals surface area (Å²) in [7, 11) is 1.83. The molecule has 1 aromatic heterocycles. The lowest BCUT2D eigenvalue weighted by Crippen LogP contribution is -2.48. The summed E-state index contributed by atoms with van der Waals surface area (Å²) in [6, 6.07) is 6.69. The van der Waals surface area contributed by atoms with Crippen molar-refractivity contribution in [1.82, 2.24) is 20.0 Å². The Balaban J connectivity index is 1.57. The average molecular weight is 373 g/mol. The number of aromatic nitrogens is 2. The van der Waals surface area contributed by atoms with Gasteiger partial charge in [0.25, 0.3) is 0 Å². The van der Waals surface area contributed by atoms with E-state index in [4.69, 9.17) is 0 Å². The Hall–Kier alpha value is -2.41. The molecule has 3 rings (SSSR count). The monoisotopic (exact) mass is 373 g/mol. The van der Waals surface area contributed by atoms with Crippen LogP contribution in [-0.2, 0) is 20.0 Å². The van der Waals surface area contributed by atoms with Crippen LogP contribution in [0.1, 0.15) is 36.6 Å². The molecule has 0 saturated carbocycles. The van der Waals surface area contributed by atoms with Crippen LogP contribution in [0.2, 0.25) is 0 Å². The number of benzene rings is 1. The lowest BCUT2D eigenvalue weighted by molar-refractivity contribution is 0.181. The minimum absolute atomic E-state index is 0.0460. The van der Waals surface area contributed by atoms with Crippen molar-refractivity contribution < 1.29 is 9.18 Å². The molecule has 7 heteroatoms. The summed E-state index contributed by atoms with van der Waals surface area (Å²) in [6.07, 6.45) is 2.73. The highest BCUT2D eigenvalue weighted by atomic mass is 19.1. The predicted molar refractivity (Wildman–Crippen MR) is 104 cm³/mol. The SMILES string of the molecule is CCc1nn(C)c(NC(=O)NC2CCCN(Cc3ccccc3F)C2)c1C. The summed E-state index contributed by atoms with van der Waals surface area (Å²) in [5, 5.41) is 10.4. The molecule has 2 N–H and O–H groups in total. The van der Waals surface area contributed by atoms with Crippen molar-refractivity contribution in [3.63, 3.8) is 0 Å². The van der Waals surface area contributed by atoms with Crippen molar-refractivity contribution in [2.24, 2.45) is 7.05 Å². The first-order chi connectivity index (χ1) is 13.0. The van der Waals surface area contributed by atoms with Gasteiger partial charge in [0.1, 0.15) is 11.6 Å². The first kappa shape index (κ1) is 19.4. The molecule has 2 amide bonds. The standard InChI is InChI=1S/C20H28FN5O/c1-4-18-14(2)19(25(3)24-18)23-20(27)22-16-9-7-11-26(13-16)12-15-8-5-6-10-17(15)21/h5-6,8,10,16H,4,7,9,11-13H2,1-3H3,(H2,22,23,27). The van der Waals surface area contributed by atoms with E-state index >= 15 is 0 Å². The number of hydrogen-bond acceptors (Lipinski definition) is 3. The second kappa shape index (κ2) is 8.52. The van der Waals surface area contributed by atoms with E-state index in [0.29, 0.717) is 18.7 Å². The van der Waals surface area contributed by atoms with Gasteiger partial charge < -0.3 is 5.32 Å². The van der Waals surface area contributed by atoms with Crippen molar-refractivity contribution in [1.29, 1.82) is 0 Å². The van der Waals surface area contributed by atoms with Gasteiger partial charge in [-0.2, -0.15) is 5.10 Å². The average Bonchev–Trinajstić information content (AvgIpc) is 2.91. The Kier molecular flexibility index (Phi) is 6.11. The van der Waals surface area contributed by atoms with Crippen molar-refractivity contribution >= 4 is 11.8 Å². The number of nitrogens with one attached hydrogen (secondary N) is 2. The first-order valence-corrected chi connectivity index (χ1v) is 9.53. The van der Waals surface area contributed by atoms with Gasteiger partial charge in [0.2, 0.25) is 0 Å². The highest BCUT2D eigenvalue weighted by Crippen LogP contribution is 2.19. The Morgan fingerprint density at radius 2 is 2.15 bits per heavy atom. The summed E-state index contributed by atoms with van der Waals surface area (Å²) in [6.45, 7) is 6.21. The largest absolute Gasteiger partial charge is 0.334 e. The highest BCUT2D eigenvalue weighted by Gasteiger charge is 2.23. The van der Waals surface area contributed by atoms with E-state index in [-0.39, 0.29) is 17.9 Å². The number of piperidine rings is 1. The van der Waals surface area contributed by atoms with Crippen molar-refractivity contribution in [3.8, 4) is 0 Å². The number of nitrogens with zero attached hydrogens (tertiary/aromatic N) is 3. The van der Waals surface area contributed by atoms with Crippen molar-refractivity contribution in [3.05, 3.63) is 46.9 Å². The quantitative estimate of drug-likeness (QED) is 0.846. The Bertz CT molecular complexity index is 804. The van der Waals surface area contributed by atoms with Crippen LogP contribution in [0.4, 0.5) is 15.0 Å². The molecule has 1 saturated heterocycles. The molecule has 0 spiro atoms. The molecule has 27 heavy (non-hydrogen) atoms. The molecule has 6 nitrogen and oxygen atoms in total. The van der Waals surface area contributed by atoms with Crippen LogP contribution in [0, 0.1) is 12.7 Å². The lowest BCUT2D eigenvalue weighted by atomic mass is 10.0. The third-order valence-electron chi connectivity index (χ3n) is 5.14. The maximum atomic E-state index is 13.9. The number of carbonyl (C=O) groups is 1. The molecule has 1 aliphatic rings. The predicted octanol–water partition coefficient (Wildman–Crippen LogP) is 3.22. The van der Waals surface area contributed by atoms with Gasteiger partial charge >= 0.3 is 6.03 Å². The van der Waals surface area contributed by atoms with Gasteiger partial charge in [-0.1, -0.05) is 25.1 Å². The zero-order valence-corrected chi connectivity index (χ0v) is 16.3. The third-order valence-corrected chi connectivity index (χ3v) is 5.14. The summed E-state index contributed by atoms with van der Waals surface area (Å²) in [5.74, 6) is 0.548. The molecule has 0 bridgehead atoms. The number of hydrogen-bond donors (Lipinski definition) is 2. The topological polar surface area (TPSA) is 62.2 Å². The fourth-order valence-electron chi connectivity index (χ4n) is 3.71. The first-order valence-electron chi connectivity index (χ1n) is 9.53. The molecular formula is C20H28FN5O. The number of urea groups is 1.